The molecule has 0 spiro atoms. The molecule has 3 aromatic rings. The number of nitro groups is 4. The van der Waals surface area contributed by atoms with Gasteiger partial charge < -0.3 is 20.9 Å². The second-order valence-corrected chi connectivity index (χ2v) is 8.23. The van der Waals surface area contributed by atoms with Crippen molar-refractivity contribution < 1.29 is 38.8 Å². The zero-order chi connectivity index (χ0) is 30.6. The van der Waals surface area contributed by atoms with Gasteiger partial charge in [-0.1, -0.05) is 0 Å². The summed E-state index contributed by atoms with van der Waals surface area (Å²) < 4.78 is 10.3. The third-order valence-electron chi connectivity index (χ3n) is 5.75. The molecule has 0 aliphatic rings. The molecule has 0 saturated heterocycles. The number of rotatable bonds is 10. The van der Waals surface area contributed by atoms with Gasteiger partial charge >= 0.3 is 11.9 Å². The second kappa shape index (κ2) is 11.7. The lowest BCUT2D eigenvalue weighted by molar-refractivity contribution is -0.395. The molecule has 0 fully saturated rings. The topological polar surface area (TPSA) is 277 Å². The van der Waals surface area contributed by atoms with Crippen LogP contribution in [0.4, 0.5) is 34.1 Å². The first-order chi connectivity index (χ1) is 19.2. The number of carbonyl (C=O) groups is 2. The smallest absolute Gasteiger partial charge is 0.339 e. The number of esters is 2. The van der Waals surface area contributed by atoms with E-state index < -0.39 is 78.7 Å². The van der Waals surface area contributed by atoms with Gasteiger partial charge in [-0.25, -0.2) is 9.59 Å². The van der Waals surface area contributed by atoms with E-state index in [0.717, 1.165) is 30.3 Å². The zero-order valence-electron chi connectivity index (χ0n) is 20.8. The van der Waals surface area contributed by atoms with Gasteiger partial charge in [0.05, 0.1) is 65.5 Å². The summed E-state index contributed by atoms with van der Waals surface area (Å²) >= 11 is 0. The van der Waals surface area contributed by atoms with E-state index in [2.05, 4.69) is 0 Å². The molecule has 4 N–H and O–H groups in total. The fourth-order valence-corrected chi connectivity index (χ4v) is 3.63. The van der Waals surface area contributed by atoms with Crippen LogP contribution in [-0.4, -0.2) is 31.6 Å². The summed E-state index contributed by atoms with van der Waals surface area (Å²) in [5.41, 5.74) is 7.72. The molecule has 0 heterocycles. The third-order valence-corrected chi connectivity index (χ3v) is 5.75. The average Bonchev–Trinajstić information content (AvgIpc) is 2.92. The van der Waals surface area contributed by atoms with Crippen LogP contribution in [-0.2, 0) is 22.7 Å². The minimum Gasteiger partial charge on any atom is -0.457 e. The van der Waals surface area contributed by atoms with Gasteiger partial charge in [-0.3, -0.25) is 40.5 Å². The lowest BCUT2D eigenvalue weighted by atomic mass is 9.98. The summed E-state index contributed by atoms with van der Waals surface area (Å²) in [6.07, 6.45) is 0. The number of nitrogen functional groups attached to an aromatic ring is 2. The van der Waals surface area contributed by atoms with Crippen molar-refractivity contribution in [2.45, 2.75) is 20.1 Å². The standard InChI is InChI=1S/C23H18N6O12/c1-11-20(23(31)41-10-13-3-5-15(27(34)35)7-19(13)29(38)39)16(8-17(24)21(11)25)22(30)40-9-12-2-4-14(26(32)33)6-18(12)28(36)37/h2-8H,9-10,24-25H2,1H3. The molecule has 0 bridgehead atoms. The maximum atomic E-state index is 13.0. The number of non-ortho nitro benzene ring substituents is 2. The number of nitrogens with two attached hydrogens (primary N) is 2. The van der Waals surface area contributed by atoms with Gasteiger partial charge in [0.25, 0.3) is 22.7 Å². The van der Waals surface area contributed by atoms with Crippen molar-refractivity contribution in [2.24, 2.45) is 0 Å². The number of nitrogens with zero attached hydrogens (tertiary/aromatic N) is 4. The van der Waals surface area contributed by atoms with Crippen molar-refractivity contribution in [2.75, 3.05) is 11.5 Å². The van der Waals surface area contributed by atoms with Gasteiger partial charge in [-0.15, -0.1) is 0 Å². The molecule has 0 unspecified atom stereocenters. The van der Waals surface area contributed by atoms with Crippen LogP contribution in [0.5, 0.6) is 0 Å². The minimum atomic E-state index is -1.19. The minimum absolute atomic E-state index is 0.0125. The number of anilines is 2. The lowest BCUT2D eigenvalue weighted by Gasteiger charge is -2.15. The summed E-state index contributed by atoms with van der Waals surface area (Å²) in [6.45, 7) is -0.116. The highest BCUT2D eigenvalue weighted by Gasteiger charge is 2.28. The molecule has 18 heteroatoms. The Morgan fingerprint density at radius 1 is 0.707 bits per heavy atom. The van der Waals surface area contributed by atoms with E-state index in [9.17, 15) is 50.0 Å². The average molecular weight is 570 g/mol. The molecule has 0 saturated carbocycles. The number of nitro benzene ring substituents is 4. The third kappa shape index (κ3) is 6.28. The van der Waals surface area contributed by atoms with E-state index in [4.69, 9.17) is 20.9 Å². The molecule has 18 nitrogen and oxygen atoms in total. The number of ether oxygens (including phenoxy) is 2. The van der Waals surface area contributed by atoms with E-state index in [1.165, 1.54) is 6.92 Å². The Kier molecular flexibility index (Phi) is 8.36. The predicted octanol–water partition coefficient (Wildman–Crippen LogP) is 3.51. The molecule has 0 aliphatic carbocycles. The molecule has 41 heavy (non-hydrogen) atoms. The van der Waals surface area contributed by atoms with Crippen LogP contribution in [0.3, 0.4) is 0 Å². The highest BCUT2D eigenvalue weighted by Crippen LogP contribution is 2.31. The first-order valence-corrected chi connectivity index (χ1v) is 11.1. The van der Waals surface area contributed by atoms with Crippen LogP contribution >= 0.6 is 0 Å². The SMILES string of the molecule is Cc1c(N)c(N)cc(C(=O)OCc2ccc([N+](=O)[O-])cc2[N+](=O)[O-])c1C(=O)OCc1ccc([N+](=O)[O-])cc1[N+](=O)[O-]. The van der Waals surface area contributed by atoms with Crippen LogP contribution in [0.2, 0.25) is 0 Å². The highest BCUT2D eigenvalue weighted by atomic mass is 16.6. The highest BCUT2D eigenvalue weighted by molar-refractivity contribution is 6.06. The summed E-state index contributed by atoms with van der Waals surface area (Å²) in [5, 5.41) is 44.6. The number of benzene rings is 3. The van der Waals surface area contributed by atoms with E-state index in [1.54, 1.807) is 0 Å². The molecular weight excluding hydrogens is 552 g/mol. The fraction of sp³-hybridized carbons (Fsp3) is 0.130. The Morgan fingerprint density at radius 3 is 1.56 bits per heavy atom. The Morgan fingerprint density at radius 2 is 1.15 bits per heavy atom. The number of hydrogen-bond donors (Lipinski definition) is 2. The van der Waals surface area contributed by atoms with Crippen LogP contribution in [0.1, 0.15) is 37.4 Å². The quantitative estimate of drug-likeness (QED) is 0.153. The molecule has 0 aliphatic heterocycles. The van der Waals surface area contributed by atoms with E-state index in [0.29, 0.717) is 12.1 Å². The molecule has 3 aromatic carbocycles. The molecule has 0 aromatic heterocycles. The van der Waals surface area contributed by atoms with Gasteiger partial charge in [0, 0.05) is 12.1 Å². The molecule has 3 rings (SSSR count). The van der Waals surface area contributed by atoms with Crippen molar-refractivity contribution in [3.8, 4) is 0 Å². The van der Waals surface area contributed by atoms with E-state index in [1.807, 2.05) is 0 Å². The van der Waals surface area contributed by atoms with E-state index >= 15 is 0 Å². The molecule has 212 valence electrons. The largest absolute Gasteiger partial charge is 0.457 e. The number of carbonyl (C=O) groups excluding carboxylic acids is 2. The summed E-state index contributed by atoms with van der Waals surface area (Å²) in [5.74, 6) is -2.38. The number of hydrogen-bond acceptors (Lipinski definition) is 14. The van der Waals surface area contributed by atoms with Crippen LogP contribution in [0, 0.1) is 47.4 Å². The summed E-state index contributed by atoms with van der Waals surface area (Å²) in [4.78, 5) is 67.2. The van der Waals surface area contributed by atoms with Gasteiger partial charge in [0.1, 0.15) is 13.2 Å². The Hall–Kier alpha value is -6.20. The Labute approximate surface area is 227 Å². The molecule has 0 atom stereocenters. The predicted molar refractivity (Wildman–Crippen MR) is 138 cm³/mol. The van der Waals surface area contributed by atoms with Crippen molar-refractivity contribution in [1.82, 2.24) is 0 Å². The van der Waals surface area contributed by atoms with Crippen molar-refractivity contribution in [3.63, 3.8) is 0 Å². The fourth-order valence-electron chi connectivity index (χ4n) is 3.63. The molecule has 0 amide bonds. The lowest BCUT2D eigenvalue weighted by Crippen LogP contribution is -2.18. The Bertz CT molecular complexity index is 1640. The first kappa shape index (κ1) is 29.4. The maximum absolute atomic E-state index is 13.0. The van der Waals surface area contributed by atoms with Crippen LogP contribution < -0.4 is 11.5 Å². The second-order valence-electron chi connectivity index (χ2n) is 8.23. The van der Waals surface area contributed by atoms with E-state index in [-0.39, 0.29) is 28.1 Å². The summed E-state index contributed by atoms with van der Waals surface area (Å²) in [6, 6.07) is 6.38. The van der Waals surface area contributed by atoms with Gasteiger partial charge in [-0.2, -0.15) is 0 Å². The molecular formula is C23H18N6O12. The van der Waals surface area contributed by atoms with Gasteiger partial charge in [0.15, 0.2) is 0 Å². The van der Waals surface area contributed by atoms with Gasteiger partial charge in [0.2, 0.25) is 0 Å². The van der Waals surface area contributed by atoms with Crippen molar-refractivity contribution in [3.05, 3.63) is 111 Å². The Balaban J connectivity index is 1.91. The van der Waals surface area contributed by atoms with Crippen molar-refractivity contribution >= 4 is 46.1 Å². The van der Waals surface area contributed by atoms with Gasteiger partial charge in [-0.05, 0) is 30.7 Å². The van der Waals surface area contributed by atoms with Crippen LogP contribution in [0.15, 0.2) is 42.5 Å². The van der Waals surface area contributed by atoms with Crippen LogP contribution in [0.25, 0.3) is 0 Å². The van der Waals surface area contributed by atoms with Crippen molar-refractivity contribution in [1.29, 1.82) is 0 Å². The normalized spacial score (nSPS) is 10.5. The summed E-state index contributed by atoms with van der Waals surface area (Å²) in [7, 11) is 0. The molecule has 0 radical (unpaired) electrons. The first-order valence-electron chi connectivity index (χ1n) is 11.1. The monoisotopic (exact) mass is 570 g/mol. The zero-order valence-corrected chi connectivity index (χ0v) is 20.8. The maximum Gasteiger partial charge on any atom is 0.339 e.